The van der Waals surface area contributed by atoms with Gasteiger partial charge in [-0.1, -0.05) is 37.5 Å². The average Bonchev–Trinajstić information content (AvgIpc) is 2.92. The third-order valence-electron chi connectivity index (χ3n) is 4.52. The summed E-state index contributed by atoms with van der Waals surface area (Å²) in [6, 6.07) is 7.68. The van der Waals surface area contributed by atoms with E-state index >= 15 is 0 Å². The minimum Gasteiger partial charge on any atom is -0.492 e. The van der Waals surface area contributed by atoms with Crippen molar-refractivity contribution >= 4 is 5.91 Å². The van der Waals surface area contributed by atoms with E-state index in [2.05, 4.69) is 5.32 Å². The molecular formula is C16H21NO3. The summed E-state index contributed by atoms with van der Waals surface area (Å²) in [5.41, 5.74) is 0.529. The fraction of sp³-hybridized carbons (Fsp3) is 0.562. The third kappa shape index (κ3) is 2.40. The Kier molecular flexibility index (Phi) is 3.66. The number of hydrogen-bond donors (Lipinski definition) is 2. The maximum Gasteiger partial charge on any atom is 0.231 e. The Morgan fingerprint density at radius 3 is 2.80 bits per heavy atom. The molecule has 1 aliphatic heterocycles. The molecule has 3 rings (SSSR count). The number of ether oxygens (including phenoxy) is 1. The van der Waals surface area contributed by atoms with Gasteiger partial charge < -0.3 is 15.2 Å². The highest BCUT2D eigenvalue weighted by molar-refractivity contribution is 5.86. The van der Waals surface area contributed by atoms with Crippen molar-refractivity contribution in [2.45, 2.75) is 43.6 Å². The van der Waals surface area contributed by atoms with E-state index in [-0.39, 0.29) is 18.4 Å². The van der Waals surface area contributed by atoms with Gasteiger partial charge in [-0.05, 0) is 18.9 Å². The van der Waals surface area contributed by atoms with Crippen LogP contribution in [0.25, 0.3) is 0 Å². The van der Waals surface area contributed by atoms with E-state index in [1.165, 1.54) is 6.42 Å². The average molecular weight is 275 g/mol. The number of nitrogens with one attached hydrogen (secondary N) is 1. The first-order chi connectivity index (χ1) is 9.74. The van der Waals surface area contributed by atoms with Crippen molar-refractivity contribution in [1.82, 2.24) is 5.32 Å². The van der Waals surface area contributed by atoms with Gasteiger partial charge in [-0.2, -0.15) is 0 Å². The van der Waals surface area contributed by atoms with Crippen LogP contribution in [0.3, 0.4) is 0 Å². The normalized spacial score (nSPS) is 23.8. The molecule has 108 valence electrons. The number of hydrogen-bond acceptors (Lipinski definition) is 3. The van der Waals surface area contributed by atoms with Crippen LogP contribution in [0.4, 0.5) is 0 Å². The molecule has 2 aliphatic rings. The van der Waals surface area contributed by atoms with Crippen LogP contribution >= 0.6 is 0 Å². The first-order valence-electron chi connectivity index (χ1n) is 7.39. The predicted molar refractivity (Wildman–Crippen MR) is 75.7 cm³/mol. The van der Waals surface area contributed by atoms with Gasteiger partial charge >= 0.3 is 0 Å². The summed E-state index contributed by atoms with van der Waals surface area (Å²) in [4.78, 5) is 12.5. The molecule has 1 heterocycles. The highest BCUT2D eigenvalue weighted by Crippen LogP contribution is 2.35. The highest BCUT2D eigenvalue weighted by atomic mass is 16.5. The predicted octanol–water partition coefficient (Wildman–Crippen LogP) is 1.97. The van der Waals surface area contributed by atoms with E-state index in [9.17, 15) is 9.90 Å². The fourth-order valence-corrected chi connectivity index (χ4v) is 3.28. The zero-order valence-electron chi connectivity index (χ0n) is 11.6. The molecule has 4 nitrogen and oxygen atoms in total. The minimum absolute atomic E-state index is 0.0218. The number of aliphatic hydroxyl groups is 1. The van der Waals surface area contributed by atoms with Gasteiger partial charge in [0, 0.05) is 5.56 Å². The number of para-hydroxylation sites is 1. The maximum atomic E-state index is 12.5. The number of aliphatic hydroxyl groups excluding tert-OH is 1. The Labute approximate surface area is 119 Å². The van der Waals surface area contributed by atoms with Crippen molar-refractivity contribution in [3.63, 3.8) is 0 Å². The van der Waals surface area contributed by atoms with Gasteiger partial charge in [0.05, 0.1) is 12.1 Å². The molecule has 1 aromatic carbocycles. The van der Waals surface area contributed by atoms with Crippen molar-refractivity contribution in [2.75, 3.05) is 13.2 Å². The first-order valence-corrected chi connectivity index (χ1v) is 7.39. The summed E-state index contributed by atoms with van der Waals surface area (Å²) in [7, 11) is 0. The van der Waals surface area contributed by atoms with Gasteiger partial charge in [-0.3, -0.25) is 4.79 Å². The Morgan fingerprint density at radius 2 is 2.05 bits per heavy atom. The molecule has 0 aromatic heterocycles. The smallest absolute Gasteiger partial charge is 0.231 e. The number of carbonyl (C=O) groups excluding carboxylic acids is 1. The van der Waals surface area contributed by atoms with Crippen molar-refractivity contribution < 1.29 is 14.6 Å². The molecule has 1 fully saturated rings. The molecule has 2 N–H and O–H groups in total. The molecule has 1 aromatic rings. The van der Waals surface area contributed by atoms with E-state index in [0.717, 1.165) is 37.0 Å². The van der Waals surface area contributed by atoms with Crippen molar-refractivity contribution in [2.24, 2.45) is 0 Å². The Balaban J connectivity index is 1.74. The molecule has 0 radical (unpaired) electrons. The summed E-state index contributed by atoms with van der Waals surface area (Å²) >= 11 is 0. The van der Waals surface area contributed by atoms with Gasteiger partial charge in [0.25, 0.3) is 0 Å². The molecule has 4 heteroatoms. The van der Waals surface area contributed by atoms with Crippen LogP contribution in [0, 0.1) is 0 Å². The van der Waals surface area contributed by atoms with Gasteiger partial charge in [0.1, 0.15) is 18.3 Å². The summed E-state index contributed by atoms with van der Waals surface area (Å²) in [5, 5.41) is 12.8. The van der Waals surface area contributed by atoms with E-state index in [0.29, 0.717) is 6.61 Å². The lowest BCUT2D eigenvalue weighted by Gasteiger charge is -2.37. The third-order valence-corrected chi connectivity index (χ3v) is 4.52. The lowest BCUT2D eigenvalue weighted by molar-refractivity contribution is -0.125. The first kappa shape index (κ1) is 13.4. The second-order valence-electron chi connectivity index (χ2n) is 5.89. The molecule has 1 aliphatic carbocycles. The SMILES string of the molecule is O=C(NC1(CO)CCCCC1)C1COc2ccccc21. The van der Waals surface area contributed by atoms with Crippen molar-refractivity contribution in [3.8, 4) is 5.75 Å². The number of amides is 1. The van der Waals surface area contributed by atoms with Gasteiger partial charge in [-0.15, -0.1) is 0 Å². The fourth-order valence-electron chi connectivity index (χ4n) is 3.28. The lowest BCUT2D eigenvalue weighted by Crippen LogP contribution is -2.53. The number of fused-ring (bicyclic) bond motifs is 1. The van der Waals surface area contributed by atoms with Crippen LogP contribution in [-0.2, 0) is 4.79 Å². The van der Waals surface area contributed by atoms with E-state index in [1.807, 2.05) is 24.3 Å². The standard InChI is InChI=1S/C16H21NO3/c18-11-16(8-4-1-5-9-16)17-15(19)13-10-20-14-7-3-2-6-12(13)14/h2-3,6-7,13,18H,1,4-5,8-11H2,(H,17,19). The molecule has 1 unspecified atom stereocenters. The molecule has 1 amide bonds. The summed E-state index contributed by atoms with van der Waals surface area (Å²) in [6.07, 6.45) is 5.05. The summed E-state index contributed by atoms with van der Waals surface area (Å²) in [5.74, 6) is 0.525. The molecular weight excluding hydrogens is 254 g/mol. The minimum atomic E-state index is -0.424. The summed E-state index contributed by atoms with van der Waals surface area (Å²) in [6.45, 7) is 0.417. The van der Waals surface area contributed by atoms with Crippen LogP contribution in [0.5, 0.6) is 5.75 Å². The molecule has 1 atom stereocenters. The Bertz CT molecular complexity index is 494. The van der Waals surface area contributed by atoms with Crippen LogP contribution in [0.1, 0.15) is 43.6 Å². The topological polar surface area (TPSA) is 58.6 Å². The second-order valence-corrected chi connectivity index (χ2v) is 5.89. The van der Waals surface area contributed by atoms with Crippen LogP contribution in [0.15, 0.2) is 24.3 Å². The largest absolute Gasteiger partial charge is 0.492 e. The van der Waals surface area contributed by atoms with Gasteiger partial charge in [0.2, 0.25) is 5.91 Å². The maximum absolute atomic E-state index is 12.5. The van der Waals surface area contributed by atoms with Crippen LogP contribution in [-0.4, -0.2) is 29.8 Å². The Morgan fingerprint density at radius 1 is 1.30 bits per heavy atom. The van der Waals surface area contributed by atoms with E-state index in [4.69, 9.17) is 4.74 Å². The Hall–Kier alpha value is -1.55. The molecule has 0 spiro atoms. The molecule has 1 saturated carbocycles. The second kappa shape index (κ2) is 5.44. The number of carbonyl (C=O) groups is 1. The van der Waals surface area contributed by atoms with E-state index in [1.54, 1.807) is 0 Å². The quantitative estimate of drug-likeness (QED) is 0.886. The monoisotopic (exact) mass is 275 g/mol. The molecule has 0 bridgehead atoms. The van der Waals surface area contributed by atoms with Crippen LogP contribution < -0.4 is 10.1 Å². The summed E-state index contributed by atoms with van der Waals surface area (Å²) < 4.78 is 5.56. The van der Waals surface area contributed by atoms with Crippen molar-refractivity contribution in [1.29, 1.82) is 0 Å². The van der Waals surface area contributed by atoms with E-state index < -0.39 is 5.54 Å². The lowest BCUT2D eigenvalue weighted by atomic mass is 9.81. The zero-order chi connectivity index (χ0) is 14.0. The number of rotatable bonds is 3. The molecule has 0 saturated heterocycles. The van der Waals surface area contributed by atoms with Gasteiger partial charge in [-0.25, -0.2) is 0 Å². The molecule has 20 heavy (non-hydrogen) atoms. The van der Waals surface area contributed by atoms with Crippen LogP contribution in [0.2, 0.25) is 0 Å². The van der Waals surface area contributed by atoms with Crippen molar-refractivity contribution in [3.05, 3.63) is 29.8 Å². The zero-order valence-corrected chi connectivity index (χ0v) is 11.6. The van der Waals surface area contributed by atoms with Gasteiger partial charge in [0.15, 0.2) is 0 Å². The highest BCUT2D eigenvalue weighted by Gasteiger charge is 2.37. The number of benzene rings is 1.